The van der Waals surface area contributed by atoms with Crippen molar-refractivity contribution in [3.05, 3.63) is 95.6 Å². The molecule has 2 amide bonds. The molecule has 1 heterocycles. The lowest BCUT2D eigenvalue weighted by Crippen LogP contribution is -2.39. The van der Waals surface area contributed by atoms with Crippen molar-refractivity contribution in [1.29, 1.82) is 0 Å². The van der Waals surface area contributed by atoms with Crippen LogP contribution in [0.1, 0.15) is 28.4 Å². The summed E-state index contributed by atoms with van der Waals surface area (Å²) in [6, 6.07) is 24.9. The van der Waals surface area contributed by atoms with Crippen molar-refractivity contribution in [2.45, 2.75) is 25.9 Å². The van der Waals surface area contributed by atoms with E-state index in [-0.39, 0.29) is 18.0 Å². The van der Waals surface area contributed by atoms with E-state index in [1.165, 1.54) is 0 Å². The lowest BCUT2D eigenvalue weighted by atomic mass is 10.0. The van der Waals surface area contributed by atoms with Crippen molar-refractivity contribution >= 4 is 17.7 Å². The molecule has 0 bridgehead atoms. The number of benzene rings is 3. The maximum atomic E-state index is 13.7. The minimum absolute atomic E-state index is 0.0873. The third kappa shape index (κ3) is 5.17. The van der Waals surface area contributed by atoms with Gasteiger partial charge in [-0.15, -0.1) is 0 Å². The predicted molar refractivity (Wildman–Crippen MR) is 128 cm³/mol. The van der Waals surface area contributed by atoms with Crippen molar-refractivity contribution < 1.29 is 19.1 Å². The molecule has 0 N–H and O–H groups in total. The minimum atomic E-state index is -0.384. The topological polar surface area (TPSA) is 59.1 Å². The highest BCUT2D eigenvalue weighted by Gasteiger charge is 2.27. The standard InChI is InChI=1S/C27H28N2O4/c1-20(17-22-11-6-7-14-25(22)32-2)29(19-21-9-4-3-5-10-21)26(30)23-12-8-13-24(18-23)28-15-16-33-27(28)31/h3-14,18,20H,15-17,19H2,1-2H3. The number of cyclic esters (lactones) is 1. The molecule has 170 valence electrons. The first-order valence-corrected chi connectivity index (χ1v) is 11.1. The molecule has 3 aromatic rings. The van der Waals surface area contributed by atoms with Crippen LogP contribution in [-0.4, -0.2) is 43.2 Å². The Morgan fingerprint density at radius 1 is 1.06 bits per heavy atom. The van der Waals surface area contributed by atoms with Gasteiger partial charge in [0.05, 0.1) is 13.7 Å². The number of anilines is 1. The van der Waals surface area contributed by atoms with Gasteiger partial charge in [0.1, 0.15) is 12.4 Å². The zero-order chi connectivity index (χ0) is 23.2. The number of methoxy groups -OCH3 is 1. The van der Waals surface area contributed by atoms with E-state index < -0.39 is 0 Å². The predicted octanol–water partition coefficient (Wildman–Crippen LogP) is 4.93. The van der Waals surface area contributed by atoms with Crippen LogP contribution in [0.25, 0.3) is 0 Å². The van der Waals surface area contributed by atoms with E-state index >= 15 is 0 Å². The number of hydrogen-bond acceptors (Lipinski definition) is 4. The van der Waals surface area contributed by atoms with Crippen LogP contribution in [0.2, 0.25) is 0 Å². The molecule has 6 heteroatoms. The Kier molecular flexibility index (Phi) is 6.93. The summed E-state index contributed by atoms with van der Waals surface area (Å²) >= 11 is 0. The van der Waals surface area contributed by atoms with Gasteiger partial charge in [0.15, 0.2) is 0 Å². The highest BCUT2D eigenvalue weighted by atomic mass is 16.6. The SMILES string of the molecule is COc1ccccc1CC(C)N(Cc1ccccc1)C(=O)c1cccc(N2CCOC2=O)c1. The second kappa shape index (κ2) is 10.2. The average molecular weight is 445 g/mol. The molecule has 3 aromatic carbocycles. The summed E-state index contributed by atoms with van der Waals surface area (Å²) in [5.74, 6) is 0.724. The van der Waals surface area contributed by atoms with Gasteiger partial charge in [0.2, 0.25) is 0 Å². The van der Waals surface area contributed by atoms with Crippen LogP contribution in [0.3, 0.4) is 0 Å². The summed E-state index contributed by atoms with van der Waals surface area (Å²) in [7, 11) is 1.66. The zero-order valence-corrected chi connectivity index (χ0v) is 18.9. The Morgan fingerprint density at radius 2 is 1.82 bits per heavy atom. The molecule has 1 saturated heterocycles. The maximum Gasteiger partial charge on any atom is 0.414 e. The average Bonchev–Trinajstić information content (AvgIpc) is 3.29. The van der Waals surface area contributed by atoms with E-state index in [4.69, 9.17) is 9.47 Å². The van der Waals surface area contributed by atoms with Crippen LogP contribution >= 0.6 is 0 Å². The van der Waals surface area contributed by atoms with Gasteiger partial charge < -0.3 is 14.4 Å². The Bertz CT molecular complexity index is 1120. The smallest absolute Gasteiger partial charge is 0.414 e. The van der Waals surface area contributed by atoms with Gasteiger partial charge in [0, 0.05) is 23.8 Å². The maximum absolute atomic E-state index is 13.7. The summed E-state index contributed by atoms with van der Waals surface area (Å²) in [6.45, 7) is 3.36. The van der Waals surface area contributed by atoms with Crippen molar-refractivity contribution in [2.24, 2.45) is 0 Å². The fourth-order valence-corrected chi connectivity index (χ4v) is 4.11. The second-order valence-corrected chi connectivity index (χ2v) is 8.10. The Balaban J connectivity index is 1.63. The Hall–Kier alpha value is -3.80. The number of nitrogens with zero attached hydrogens (tertiary/aromatic N) is 2. The van der Waals surface area contributed by atoms with Crippen molar-refractivity contribution in [2.75, 3.05) is 25.2 Å². The van der Waals surface area contributed by atoms with Gasteiger partial charge in [-0.05, 0) is 48.7 Å². The van der Waals surface area contributed by atoms with Crippen molar-refractivity contribution in [3.8, 4) is 5.75 Å². The van der Waals surface area contributed by atoms with Gasteiger partial charge in [-0.1, -0.05) is 54.6 Å². The number of carbonyl (C=O) groups excluding carboxylic acids is 2. The van der Waals surface area contributed by atoms with Crippen LogP contribution in [0.5, 0.6) is 5.75 Å². The van der Waals surface area contributed by atoms with Gasteiger partial charge >= 0.3 is 6.09 Å². The fraction of sp³-hybridized carbons (Fsp3) is 0.259. The van der Waals surface area contributed by atoms with Crippen LogP contribution in [0.15, 0.2) is 78.9 Å². The molecule has 1 fully saturated rings. The largest absolute Gasteiger partial charge is 0.496 e. The molecule has 33 heavy (non-hydrogen) atoms. The summed E-state index contributed by atoms with van der Waals surface area (Å²) < 4.78 is 10.6. The van der Waals surface area contributed by atoms with Gasteiger partial charge in [-0.2, -0.15) is 0 Å². The number of para-hydroxylation sites is 1. The van der Waals surface area contributed by atoms with E-state index in [2.05, 4.69) is 6.92 Å². The number of hydrogen-bond donors (Lipinski definition) is 0. The molecule has 6 nitrogen and oxygen atoms in total. The second-order valence-electron chi connectivity index (χ2n) is 8.10. The normalized spacial score (nSPS) is 14.0. The molecule has 4 rings (SSSR count). The third-order valence-electron chi connectivity index (χ3n) is 5.86. The molecule has 1 aliphatic heterocycles. The van der Waals surface area contributed by atoms with Crippen molar-refractivity contribution in [1.82, 2.24) is 4.90 Å². The van der Waals surface area contributed by atoms with E-state index in [9.17, 15) is 9.59 Å². The molecule has 1 unspecified atom stereocenters. The number of ether oxygens (including phenoxy) is 2. The first-order chi connectivity index (χ1) is 16.1. The third-order valence-corrected chi connectivity index (χ3v) is 5.86. The molecular formula is C27H28N2O4. The van der Waals surface area contributed by atoms with Gasteiger partial charge in [-0.3, -0.25) is 9.69 Å². The Labute approximate surface area is 194 Å². The molecule has 0 radical (unpaired) electrons. The fourth-order valence-electron chi connectivity index (χ4n) is 4.11. The molecule has 0 aromatic heterocycles. The van der Waals surface area contributed by atoms with E-state index in [1.807, 2.05) is 65.6 Å². The van der Waals surface area contributed by atoms with Crippen LogP contribution < -0.4 is 9.64 Å². The lowest BCUT2D eigenvalue weighted by molar-refractivity contribution is 0.0674. The first kappa shape index (κ1) is 22.4. The molecule has 0 saturated carbocycles. The molecule has 1 atom stereocenters. The zero-order valence-electron chi connectivity index (χ0n) is 18.9. The van der Waals surface area contributed by atoms with E-state index in [1.54, 1.807) is 30.2 Å². The van der Waals surface area contributed by atoms with Crippen LogP contribution in [0.4, 0.5) is 10.5 Å². The van der Waals surface area contributed by atoms with Gasteiger partial charge in [0.25, 0.3) is 5.91 Å². The molecule has 0 spiro atoms. The highest BCUT2D eigenvalue weighted by molar-refractivity contribution is 5.97. The summed E-state index contributed by atoms with van der Waals surface area (Å²) in [5.41, 5.74) is 3.30. The monoisotopic (exact) mass is 444 g/mol. The summed E-state index contributed by atoms with van der Waals surface area (Å²) in [6.07, 6.45) is 0.270. The summed E-state index contributed by atoms with van der Waals surface area (Å²) in [5, 5.41) is 0. The number of carbonyl (C=O) groups is 2. The molecule has 1 aliphatic rings. The van der Waals surface area contributed by atoms with Gasteiger partial charge in [-0.25, -0.2) is 4.79 Å². The van der Waals surface area contributed by atoms with Crippen LogP contribution in [-0.2, 0) is 17.7 Å². The molecular weight excluding hydrogens is 416 g/mol. The van der Waals surface area contributed by atoms with Crippen LogP contribution in [0, 0.1) is 0 Å². The molecule has 0 aliphatic carbocycles. The quantitative estimate of drug-likeness (QED) is 0.495. The first-order valence-electron chi connectivity index (χ1n) is 11.1. The lowest BCUT2D eigenvalue weighted by Gasteiger charge is -2.30. The summed E-state index contributed by atoms with van der Waals surface area (Å²) in [4.78, 5) is 29.2. The van der Waals surface area contributed by atoms with Crippen molar-refractivity contribution in [3.63, 3.8) is 0 Å². The Morgan fingerprint density at radius 3 is 2.55 bits per heavy atom. The minimum Gasteiger partial charge on any atom is -0.496 e. The highest BCUT2D eigenvalue weighted by Crippen LogP contribution is 2.25. The van der Waals surface area contributed by atoms with E-state index in [0.717, 1.165) is 16.9 Å². The number of rotatable bonds is 8. The number of amides is 2. The van der Waals surface area contributed by atoms with E-state index in [0.29, 0.717) is 37.4 Å².